The summed E-state index contributed by atoms with van der Waals surface area (Å²) in [6.45, 7) is 2.04. The first-order chi connectivity index (χ1) is 18.4. The number of carbonyl (C=O) groups excluding carboxylic acids is 2. The minimum atomic E-state index is -0.262. The largest absolute Gasteiger partial charge is 0.493 e. The first-order valence-electron chi connectivity index (χ1n) is 11.4. The van der Waals surface area contributed by atoms with Crippen LogP contribution in [-0.4, -0.2) is 73.7 Å². The molecule has 0 spiro atoms. The number of carbonyl (C=O) groups is 2. The maximum atomic E-state index is 12.4. The van der Waals surface area contributed by atoms with Crippen molar-refractivity contribution in [1.29, 1.82) is 0 Å². The number of nitrogens with zero attached hydrogens (tertiary/aromatic N) is 3. The zero-order valence-corrected chi connectivity index (χ0v) is 24.3. The standard InChI is InChI=1S/C25H24BrClN4O5S2/c1-34-21-11-16(10-19(26)24(21)36-13-23(33)31-6-8-35-9-7-31)12-28-30-22(32)15-38-25-29-20(14-37-25)17-2-4-18(27)5-3-17/h2-5,10-12,14H,6-9,13,15H2,1H3,(H,30,32)/b28-12+. The molecule has 1 N–H and O–H groups in total. The number of thiazole rings is 1. The number of amides is 2. The molecule has 0 saturated carbocycles. The van der Waals surface area contributed by atoms with Crippen molar-refractivity contribution < 1.29 is 23.8 Å². The molecule has 2 heterocycles. The van der Waals surface area contributed by atoms with Crippen LogP contribution in [0.3, 0.4) is 0 Å². The van der Waals surface area contributed by atoms with Crippen LogP contribution < -0.4 is 14.9 Å². The molecule has 2 amide bonds. The van der Waals surface area contributed by atoms with Crippen LogP contribution in [0.2, 0.25) is 5.02 Å². The second-order valence-corrected chi connectivity index (χ2v) is 11.3. The van der Waals surface area contributed by atoms with Crippen LogP contribution in [0, 0.1) is 0 Å². The van der Waals surface area contributed by atoms with Crippen LogP contribution in [-0.2, 0) is 14.3 Å². The van der Waals surface area contributed by atoms with Gasteiger partial charge in [-0.1, -0.05) is 35.5 Å². The Kier molecular flexibility index (Phi) is 10.4. The van der Waals surface area contributed by atoms with Gasteiger partial charge >= 0.3 is 0 Å². The van der Waals surface area contributed by atoms with Crippen molar-refractivity contribution in [2.24, 2.45) is 5.10 Å². The number of hydrogen-bond donors (Lipinski definition) is 1. The Bertz CT molecular complexity index is 1300. The van der Waals surface area contributed by atoms with Gasteiger partial charge in [-0.25, -0.2) is 10.4 Å². The van der Waals surface area contributed by atoms with Crippen LogP contribution in [0.5, 0.6) is 11.5 Å². The molecular formula is C25H24BrClN4O5S2. The Labute approximate surface area is 241 Å². The van der Waals surface area contributed by atoms with Gasteiger partial charge in [0.05, 0.1) is 42.5 Å². The predicted octanol–water partition coefficient (Wildman–Crippen LogP) is 4.71. The van der Waals surface area contributed by atoms with E-state index >= 15 is 0 Å². The summed E-state index contributed by atoms with van der Waals surface area (Å²) >= 11 is 12.2. The first-order valence-corrected chi connectivity index (χ1v) is 14.5. The van der Waals surface area contributed by atoms with Gasteiger partial charge in [-0.2, -0.15) is 5.10 Å². The summed E-state index contributed by atoms with van der Waals surface area (Å²) in [5, 5.41) is 6.65. The number of halogens is 2. The Morgan fingerprint density at radius 1 is 1.29 bits per heavy atom. The predicted molar refractivity (Wildman–Crippen MR) is 153 cm³/mol. The summed E-state index contributed by atoms with van der Waals surface area (Å²) in [5.41, 5.74) is 4.99. The maximum Gasteiger partial charge on any atom is 0.260 e. The Morgan fingerprint density at radius 3 is 2.79 bits per heavy atom. The second-order valence-electron chi connectivity index (χ2n) is 7.90. The number of hydrogen-bond acceptors (Lipinski definition) is 9. The van der Waals surface area contributed by atoms with E-state index in [2.05, 4.69) is 31.4 Å². The van der Waals surface area contributed by atoms with E-state index < -0.39 is 0 Å². The van der Waals surface area contributed by atoms with Gasteiger partial charge in [0.25, 0.3) is 11.8 Å². The summed E-state index contributed by atoms with van der Waals surface area (Å²) in [6, 6.07) is 10.9. The lowest BCUT2D eigenvalue weighted by Gasteiger charge is -2.26. The summed E-state index contributed by atoms with van der Waals surface area (Å²) in [5.74, 6) is 0.627. The molecule has 13 heteroatoms. The SMILES string of the molecule is COc1cc(/C=N/NC(=O)CSc2nc(-c3ccc(Cl)cc3)cs2)cc(Br)c1OCC(=O)N1CCOCC1. The zero-order chi connectivity index (χ0) is 26.9. The van der Waals surface area contributed by atoms with Gasteiger partial charge in [-0.05, 0) is 45.8 Å². The van der Waals surface area contributed by atoms with E-state index in [9.17, 15) is 9.59 Å². The average molecular weight is 640 g/mol. The molecule has 0 atom stereocenters. The lowest BCUT2D eigenvalue weighted by molar-refractivity contribution is -0.137. The van der Waals surface area contributed by atoms with E-state index in [4.69, 9.17) is 25.8 Å². The third-order valence-electron chi connectivity index (χ3n) is 5.31. The number of nitrogens with one attached hydrogen (secondary N) is 1. The van der Waals surface area contributed by atoms with Crippen molar-refractivity contribution >= 4 is 68.7 Å². The Balaban J connectivity index is 1.27. The van der Waals surface area contributed by atoms with Crippen LogP contribution in [0.4, 0.5) is 0 Å². The van der Waals surface area contributed by atoms with Gasteiger partial charge in [-0.15, -0.1) is 11.3 Å². The van der Waals surface area contributed by atoms with Gasteiger partial charge in [0.2, 0.25) is 0 Å². The van der Waals surface area contributed by atoms with Crippen molar-refractivity contribution in [2.75, 3.05) is 45.8 Å². The van der Waals surface area contributed by atoms with Crippen molar-refractivity contribution in [3.8, 4) is 22.8 Å². The molecule has 2 aromatic carbocycles. The van der Waals surface area contributed by atoms with Crippen LogP contribution in [0.15, 0.2) is 55.7 Å². The molecule has 9 nitrogen and oxygen atoms in total. The number of hydrazone groups is 1. The number of methoxy groups -OCH3 is 1. The van der Waals surface area contributed by atoms with E-state index in [0.717, 1.165) is 15.6 Å². The van der Waals surface area contributed by atoms with Gasteiger partial charge in [-0.3, -0.25) is 9.59 Å². The summed E-state index contributed by atoms with van der Waals surface area (Å²) < 4.78 is 17.8. The number of ether oxygens (including phenoxy) is 3. The molecule has 0 bridgehead atoms. The number of thioether (sulfide) groups is 1. The molecule has 3 aromatic rings. The van der Waals surface area contributed by atoms with Crippen molar-refractivity contribution in [3.05, 3.63) is 56.8 Å². The van der Waals surface area contributed by atoms with Gasteiger partial charge in [0, 0.05) is 29.1 Å². The molecule has 1 saturated heterocycles. The fraction of sp³-hybridized carbons (Fsp3) is 0.280. The van der Waals surface area contributed by atoms with Crippen molar-refractivity contribution in [2.45, 2.75) is 4.34 Å². The van der Waals surface area contributed by atoms with E-state index in [1.165, 1.54) is 36.4 Å². The van der Waals surface area contributed by atoms with Crippen LogP contribution in [0.25, 0.3) is 11.3 Å². The fourth-order valence-electron chi connectivity index (χ4n) is 3.41. The minimum Gasteiger partial charge on any atom is -0.493 e. The Hall–Kier alpha value is -2.64. The molecule has 0 radical (unpaired) electrons. The molecule has 1 aromatic heterocycles. The zero-order valence-electron chi connectivity index (χ0n) is 20.3. The van der Waals surface area contributed by atoms with E-state index in [0.29, 0.717) is 52.9 Å². The Morgan fingerprint density at radius 2 is 2.05 bits per heavy atom. The van der Waals surface area contributed by atoms with E-state index in [1.54, 1.807) is 17.0 Å². The van der Waals surface area contributed by atoms with E-state index in [-0.39, 0.29) is 24.2 Å². The quantitative estimate of drug-likeness (QED) is 0.195. The van der Waals surface area contributed by atoms with Gasteiger partial charge < -0.3 is 19.1 Å². The second kappa shape index (κ2) is 13.9. The average Bonchev–Trinajstić information content (AvgIpc) is 3.41. The molecule has 200 valence electrons. The van der Waals surface area contributed by atoms with Crippen LogP contribution >= 0.6 is 50.6 Å². The van der Waals surface area contributed by atoms with Gasteiger partial charge in [0.15, 0.2) is 22.4 Å². The molecule has 4 rings (SSSR count). The summed E-state index contributed by atoms with van der Waals surface area (Å²) in [7, 11) is 1.51. The topological polar surface area (TPSA) is 102 Å². The monoisotopic (exact) mass is 638 g/mol. The molecule has 1 aliphatic rings. The normalized spacial score (nSPS) is 13.5. The fourth-order valence-corrected chi connectivity index (χ4v) is 5.74. The molecule has 38 heavy (non-hydrogen) atoms. The third-order valence-corrected chi connectivity index (χ3v) is 8.17. The van der Waals surface area contributed by atoms with Crippen molar-refractivity contribution in [3.63, 3.8) is 0 Å². The summed E-state index contributed by atoms with van der Waals surface area (Å²) in [6.07, 6.45) is 1.50. The molecule has 0 unspecified atom stereocenters. The van der Waals surface area contributed by atoms with Crippen LogP contribution in [0.1, 0.15) is 5.56 Å². The highest BCUT2D eigenvalue weighted by Gasteiger charge is 2.19. The van der Waals surface area contributed by atoms with E-state index in [1.807, 2.05) is 29.6 Å². The smallest absolute Gasteiger partial charge is 0.260 e. The number of aromatic nitrogens is 1. The van der Waals surface area contributed by atoms with Crippen molar-refractivity contribution in [1.82, 2.24) is 15.3 Å². The lowest BCUT2D eigenvalue weighted by Crippen LogP contribution is -2.43. The van der Waals surface area contributed by atoms with Gasteiger partial charge in [0.1, 0.15) is 0 Å². The third kappa shape index (κ3) is 7.93. The molecule has 0 aliphatic carbocycles. The molecule has 1 aliphatic heterocycles. The lowest BCUT2D eigenvalue weighted by atomic mass is 10.2. The minimum absolute atomic E-state index is 0.115. The maximum absolute atomic E-state index is 12.4. The highest BCUT2D eigenvalue weighted by Crippen LogP contribution is 2.36. The number of rotatable bonds is 10. The molecular weight excluding hydrogens is 616 g/mol. The highest BCUT2D eigenvalue weighted by atomic mass is 79.9. The summed E-state index contributed by atoms with van der Waals surface area (Å²) in [4.78, 5) is 30.9. The number of morpholine rings is 1. The first kappa shape index (κ1) is 28.4. The highest BCUT2D eigenvalue weighted by molar-refractivity contribution is 9.10. The molecule has 1 fully saturated rings. The number of benzene rings is 2.